The van der Waals surface area contributed by atoms with Crippen molar-refractivity contribution in [1.29, 1.82) is 0 Å². The number of amides is 2. The third-order valence-corrected chi connectivity index (χ3v) is 7.53. The Labute approximate surface area is 228 Å². The third-order valence-electron chi connectivity index (χ3n) is 7.53. The molecule has 2 aliphatic heterocycles. The topological polar surface area (TPSA) is 117 Å². The number of aromatic nitrogens is 2. The van der Waals surface area contributed by atoms with Crippen LogP contribution in [0.5, 0.6) is 0 Å². The number of carbonyl (C=O) groups is 2. The van der Waals surface area contributed by atoms with E-state index in [0.717, 1.165) is 59.6 Å². The molecule has 9 heteroatoms. The number of aliphatic hydroxyl groups excluding tert-OH is 1. The number of nitrogens with zero attached hydrogens (tertiary/aromatic N) is 3. The molecule has 2 atom stereocenters. The van der Waals surface area contributed by atoms with E-state index in [9.17, 15) is 14.7 Å². The molecule has 2 aliphatic rings. The van der Waals surface area contributed by atoms with Crippen molar-refractivity contribution in [3.05, 3.63) is 76.5 Å². The Morgan fingerprint density at radius 2 is 1.97 bits per heavy atom. The van der Waals surface area contributed by atoms with E-state index >= 15 is 0 Å². The molecular weight excluding hydrogens is 494 g/mol. The number of hydrogen-bond donors (Lipinski definition) is 3. The first-order chi connectivity index (χ1) is 18.8. The molecule has 3 aromatic rings. The van der Waals surface area contributed by atoms with Crippen molar-refractivity contribution in [2.24, 2.45) is 0 Å². The van der Waals surface area contributed by atoms with E-state index in [2.05, 4.69) is 15.6 Å². The summed E-state index contributed by atoms with van der Waals surface area (Å²) in [7, 11) is 0. The molecule has 2 amide bonds. The summed E-state index contributed by atoms with van der Waals surface area (Å²) in [5.41, 5.74) is 5.81. The average Bonchev–Trinajstić information content (AvgIpc) is 3.28. The van der Waals surface area contributed by atoms with Crippen molar-refractivity contribution in [3.63, 3.8) is 0 Å². The monoisotopic (exact) mass is 529 g/mol. The number of aliphatic hydroxyl groups is 1. The number of ether oxygens (including phenoxy) is 1. The van der Waals surface area contributed by atoms with Gasteiger partial charge in [-0.1, -0.05) is 42.0 Å². The first kappa shape index (κ1) is 26.8. The maximum atomic E-state index is 13.5. The highest BCUT2D eigenvalue weighted by Crippen LogP contribution is 2.31. The summed E-state index contributed by atoms with van der Waals surface area (Å²) >= 11 is 0. The van der Waals surface area contributed by atoms with Crippen LogP contribution in [-0.2, 0) is 16.1 Å². The molecule has 0 unspecified atom stereocenters. The van der Waals surface area contributed by atoms with Crippen molar-refractivity contribution in [1.82, 2.24) is 20.2 Å². The van der Waals surface area contributed by atoms with Gasteiger partial charge in [-0.2, -0.15) is 0 Å². The van der Waals surface area contributed by atoms with Gasteiger partial charge in [-0.15, -0.1) is 0 Å². The van der Waals surface area contributed by atoms with Crippen LogP contribution in [0, 0.1) is 13.8 Å². The van der Waals surface area contributed by atoms with E-state index < -0.39 is 12.1 Å². The number of aryl methyl sites for hydroxylation is 2. The Morgan fingerprint density at radius 3 is 2.72 bits per heavy atom. The molecule has 3 N–H and O–H groups in total. The van der Waals surface area contributed by atoms with Gasteiger partial charge in [0.25, 0.3) is 5.91 Å². The third kappa shape index (κ3) is 5.79. The van der Waals surface area contributed by atoms with Crippen LogP contribution in [0.1, 0.15) is 58.4 Å². The van der Waals surface area contributed by atoms with Crippen LogP contribution >= 0.6 is 0 Å². The van der Waals surface area contributed by atoms with Gasteiger partial charge in [0.1, 0.15) is 6.04 Å². The first-order valence-corrected chi connectivity index (χ1v) is 13.4. The van der Waals surface area contributed by atoms with Gasteiger partial charge >= 0.3 is 0 Å². The highest BCUT2D eigenvalue weighted by atomic mass is 16.5. The van der Waals surface area contributed by atoms with Gasteiger partial charge in [0.05, 0.1) is 18.3 Å². The lowest BCUT2D eigenvalue weighted by molar-refractivity contribution is -0.126. The molecule has 2 aromatic carbocycles. The van der Waals surface area contributed by atoms with E-state index in [1.807, 2.05) is 56.3 Å². The minimum atomic E-state index is -0.705. The molecular formula is C30H35N5O4. The molecule has 1 fully saturated rings. The quantitative estimate of drug-likeness (QED) is 0.409. The largest absolute Gasteiger partial charge is 0.394 e. The Morgan fingerprint density at radius 1 is 1.18 bits per heavy atom. The second kappa shape index (κ2) is 11.5. The fourth-order valence-electron chi connectivity index (χ4n) is 5.17. The summed E-state index contributed by atoms with van der Waals surface area (Å²) < 4.78 is 5.44. The van der Waals surface area contributed by atoms with Crippen molar-refractivity contribution < 1.29 is 19.4 Å². The summed E-state index contributed by atoms with van der Waals surface area (Å²) in [4.78, 5) is 37.4. The van der Waals surface area contributed by atoms with Crippen LogP contribution in [0.4, 0.5) is 5.95 Å². The number of benzene rings is 2. The van der Waals surface area contributed by atoms with E-state index in [1.165, 1.54) is 0 Å². The van der Waals surface area contributed by atoms with Crippen LogP contribution in [0.25, 0.3) is 11.3 Å². The predicted octanol–water partition coefficient (Wildman–Crippen LogP) is 3.55. The minimum Gasteiger partial charge on any atom is -0.394 e. The highest BCUT2D eigenvalue weighted by Gasteiger charge is 2.35. The second-order valence-corrected chi connectivity index (χ2v) is 10.4. The summed E-state index contributed by atoms with van der Waals surface area (Å²) in [5, 5.41) is 16.2. The highest BCUT2D eigenvalue weighted by molar-refractivity contribution is 6.02. The lowest BCUT2D eigenvalue weighted by Gasteiger charge is -2.26. The standard InChI is InChI=1S/C30H35N5O4/c1-18-5-4-6-21(13-18)26(17-36)33-28(37)20(3)35-16-23-8-7-22(14-25(23)29(35)38)27-19(2)15-31-30(34-27)32-24-9-11-39-12-10-24/h4-8,13-15,20,24,26,36H,9-12,16-17H2,1-3H3,(H,33,37)(H,31,32,34)/t20-,26-/m1/s1. The maximum absolute atomic E-state index is 13.5. The summed E-state index contributed by atoms with van der Waals surface area (Å²) in [6.45, 7) is 7.19. The molecule has 0 radical (unpaired) electrons. The van der Waals surface area contributed by atoms with Gasteiger partial charge in [0.15, 0.2) is 0 Å². The van der Waals surface area contributed by atoms with Gasteiger partial charge in [0, 0.05) is 43.1 Å². The normalized spacial score (nSPS) is 17.0. The Balaban J connectivity index is 1.31. The lowest BCUT2D eigenvalue weighted by atomic mass is 10.0. The molecule has 1 saturated heterocycles. The molecule has 5 rings (SSSR count). The van der Waals surface area contributed by atoms with Gasteiger partial charge in [-0.25, -0.2) is 9.97 Å². The van der Waals surface area contributed by atoms with Gasteiger partial charge in [-0.3, -0.25) is 9.59 Å². The lowest BCUT2D eigenvalue weighted by Crippen LogP contribution is -2.46. The molecule has 0 spiro atoms. The van der Waals surface area contributed by atoms with Gasteiger partial charge in [-0.05, 0) is 56.4 Å². The fourth-order valence-corrected chi connectivity index (χ4v) is 5.17. The van der Waals surface area contributed by atoms with E-state index in [-0.39, 0.29) is 24.5 Å². The van der Waals surface area contributed by atoms with Crippen LogP contribution in [0.15, 0.2) is 48.7 Å². The molecule has 0 saturated carbocycles. The summed E-state index contributed by atoms with van der Waals surface area (Å²) in [6.07, 6.45) is 3.61. The number of hydrogen-bond acceptors (Lipinski definition) is 7. The Kier molecular flexibility index (Phi) is 7.90. The number of rotatable bonds is 8. The molecule has 39 heavy (non-hydrogen) atoms. The number of carbonyl (C=O) groups excluding carboxylic acids is 2. The number of nitrogens with one attached hydrogen (secondary N) is 2. The smallest absolute Gasteiger partial charge is 0.255 e. The van der Waals surface area contributed by atoms with E-state index in [0.29, 0.717) is 18.1 Å². The van der Waals surface area contributed by atoms with Gasteiger partial charge in [0.2, 0.25) is 11.9 Å². The first-order valence-electron chi connectivity index (χ1n) is 13.4. The zero-order valence-corrected chi connectivity index (χ0v) is 22.6. The molecule has 3 heterocycles. The van der Waals surface area contributed by atoms with Gasteiger partial charge < -0.3 is 25.4 Å². The van der Waals surface area contributed by atoms with Crippen LogP contribution < -0.4 is 10.6 Å². The maximum Gasteiger partial charge on any atom is 0.255 e. The summed E-state index contributed by atoms with van der Waals surface area (Å²) in [5.74, 6) is 0.0542. The van der Waals surface area contributed by atoms with Crippen molar-refractivity contribution in [2.75, 3.05) is 25.1 Å². The Hall–Kier alpha value is -3.82. The van der Waals surface area contributed by atoms with Crippen molar-refractivity contribution in [3.8, 4) is 11.3 Å². The zero-order valence-electron chi connectivity index (χ0n) is 22.6. The van der Waals surface area contributed by atoms with Crippen LogP contribution in [-0.4, -0.2) is 63.7 Å². The van der Waals surface area contributed by atoms with Crippen LogP contribution in [0.2, 0.25) is 0 Å². The number of anilines is 1. The molecule has 0 bridgehead atoms. The fraction of sp³-hybridized carbons (Fsp3) is 0.400. The predicted molar refractivity (Wildman–Crippen MR) is 148 cm³/mol. The number of fused-ring (bicyclic) bond motifs is 1. The summed E-state index contributed by atoms with van der Waals surface area (Å²) in [6, 6.07) is 12.4. The molecule has 1 aromatic heterocycles. The average molecular weight is 530 g/mol. The van der Waals surface area contributed by atoms with Crippen LogP contribution in [0.3, 0.4) is 0 Å². The van der Waals surface area contributed by atoms with E-state index in [4.69, 9.17) is 9.72 Å². The SMILES string of the molecule is Cc1cccc([C@@H](CO)NC(=O)[C@@H](C)N2Cc3ccc(-c4nc(NC5CCOCC5)ncc4C)cc3C2=O)c1. The van der Waals surface area contributed by atoms with Crippen molar-refractivity contribution >= 4 is 17.8 Å². The van der Waals surface area contributed by atoms with E-state index in [1.54, 1.807) is 18.0 Å². The molecule has 204 valence electrons. The minimum absolute atomic E-state index is 0.196. The molecule has 0 aliphatic carbocycles. The second-order valence-electron chi connectivity index (χ2n) is 10.4. The molecule has 9 nitrogen and oxygen atoms in total. The zero-order chi connectivity index (χ0) is 27.5. The Bertz CT molecular complexity index is 1370. The van der Waals surface area contributed by atoms with Crippen molar-refractivity contribution in [2.45, 2.75) is 58.3 Å².